The Morgan fingerprint density at radius 2 is 2.16 bits per heavy atom. The standard InChI is InChI=1S/C15H22Cl2N2/c1-3-8-19-9-7-11(10-18-2)15(19)12-5-4-6-13(16)14(12)17/h4-6,11,15,18H,3,7-10H2,1-2H3. The fourth-order valence-corrected chi connectivity index (χ4v) is 3.56. The van der Waals surface area contributed by atoms with Crippen LogP contribution in [0.25, 0.3) is 0 Å². The van der Waals surface area contributed by atoms with Crippen LogP contribution in [0.3, 0.4) is 0 Å². The zero-order chi connectivity index (χ0) is 13.8. The highest BCUT2D eigenvalue weighted by Crippen LogP contribution is 2.41. The van der Waals surface area contributed by atoms with Crippen molar-refractivity contribution in [3.8, 4) is 0 Å². The van der Waals surface area contributed by atoms with Gasteiger partial charge >= 0.3 is 0 Å². The van der Waals surface area contributed by atoms with Crippen molar-refractivity contribution >= 4 is 23.2 Å². The Morgan fingerprint density at radius 1 is 1.37 bits per heavy atom. The number of nitrogens with one attached hydrogen (secondary N) is 1. The Hall–Kier alpha value is -0.280. The Kier molecular flexibility index (Phi) is 5.52. The van der Waals surface area contributed by atoms with Gasteiger partial charge in [-0.05, 0) is 57.1 Å². The fourth-order valence-electron chi connectivity index (χ4n) is 3.14. The molecular formula is C15H22Cl2N2. The van der Waals surface area contributed by atoms with E-state index in [2.05, 4.69) is 23.2 Å². The summed E-state index contributed by atoms with van der Waals surface area (Å²) in [6.45, 7) is 5.51. The van der Waals surface area contributed by atoms with Crippen LogP contribution in [0.1, 0.15) is 31.4 Å². The fraction of sp³-hybridized carbons (Fsp3) is 0.600. The van der Waals surface area contributed by atoms with Crippen LogP contribution in [0.15, 0.2) is 18.2 Å². The Balaban J connectivity index is 2.32. The van der Waals surface area contributed by atoms with Crippen molar-refractivity contribution in [2.24, 2.45) is 5.92 Å². The first-order valence-corrected chi connectivity index (χ1v) is 7.77. The second-order valence-corrected chi connectivity index (χ2v) is 6.02. The summed E-state index contributed by atoms with van der Waals surface area (Å²) in [6.07, 6.45) is 2.38. The van der Waals surface area contributed by atoms with Gasteiger partial charge in [-0.2, -0.15) is 0 Å². The van der Waals surface area contributed by atoms with E-state index in [1.54, 1.807) is 0 Å². The van der Waals surface area contributed by atoms with Crippen molar-refractivity contribution in [3.05, 3.63) is 33.8 Å². The number of rotatable bonds is 5. The predicted octanol–water partition coefficient (Wildman–Crippen LogP) is 3.99. The van der Waals surface area contributed by atoms with Crippen LogP contribution >= 0.6 is 23.2 Å². The average Bonchev–Trinajstić information content (AvgIpc) is 2.77. The molecule has 1 aromatic rings. The second kappa shape index (κ2) is 6.94. The van der Waals surface area contributed by atoms with Crippen LogP contribution < -0.4 is 5.32 Å². The van der Waals surface area contributed by atoms with Gasteiger partial charge in [-0.3, -0.25) is 4.90 Å². The molecule has 0 bridgehead atoms. The van der Waals surface area contributed by atoms with Gasteiger partial charge in [0.15, 0.2) is 0 Å². The highest BCUT2D eigenvalue weighted by Gasteiger charge is 2.35. The summed E-state index contributed by atoms with van der Waals surface area (Å²) in [6, 6.07) is 6.37. The maximum absolute atomic E-state index is 6.43. The Labute approximate surface area is 126 Å². The van der Waals surface area contributed by atoms with Gasteiger partial charge in [-0.15, -0.1) is 0 Å². The minimum absolute atomic E-state index is 0.388. The first-order valence-electron chi connectivity index (χ1n) is 7.01. The van der Waals surface area contributed by atoms with Crippen molar-refractivity contribution < 1.29 is 0 Å². The van der Waals surface area contributed by atoms with Crippen LogP contribution in [0.2, 0.25) is 10.0 Å². The van der Waals surface area contributed by atoms with Gasteiger partial charge in [0.2, 0.25) is 0 Å². The molecular weight excluding hydrogens is 279 g/mol. The van der Waals surface area contributed by atoms with Crippen LogP contribution in [-0.4, -0.2) is 31.6 Å². The van der Waals surface area contributed by atoms with Gasteiger partial charge in [-0.25, -0.2) is 0 Å². The number of likely N-dealkylation sites (tertiary alicyclic amines) is 1. The molecule has 106 valence electrons. The molecule has 2 rings (SSSR count). The van der Waals surface area contributed by atoms with E-state index in [1.165, 1.54) is 18.4 Å². The van der Waals surface area contributed by atoms with Gasteiger partial charge in [0, 0.05) is 6.04 Å². The summed E-state index contributed by atoms with van der Waals surface area (Å²) < 4.78 is 0. The topological polar surface area (TPSA) is 15.3 Å². The third kappa shape index (κ3) is 3.25. The van der Waals surface area contributed by atoms with Crippen LogP contribution in [0, 0.1) is 5.92 Å². The smallest absolute Gasteiger partial charge is 0.0640 e. The van der Waals surface area contributed by atoms with Gasteiger partial charge in [0.1, 0.15) is 0 Å². The molecule has 1 aromatic carbocycles. The van der Waals surface area contributed by atoms with E-state index in [-0.39, 0.29) is 0 Å². The molecule has 0 spiro atoms. The molecule has 1 N–H and O–H groups in total. The van der Waals surface area contributed by atoms with Gasteiger partial charge in [-0.1, -0.05) is 42.3 Å². The summed E-state index contributed by atoms with van der Waals surface area (Å²) in [7, 11) is 2.01. The lowest BCUT2D eigenvalue weighted by molar-refractivity contribution is 0.227. The largest absolute Gasteiger partial charge is 0.319 e. The van der Waals surface area contributed by atoms with Gasteiger partial charge < -0.3 is 5.32 Å². The van der Waals surface area contributed by atoms with Crippen LogP contribution in [0.4, 0.5) is 0 Å². The molecule has 0 aliphatic carbocycles. The van der Waals surface area contributed by atoms with E-state index in [4.69, 9.17) is 23.2 Å². The molecule has 2 nitrogen and oxygen atoms in total. The van der Waals surface area contributed by atoms with Crippen LogP contribution in [-0.2, 0) is 0 Å². The quantitative estimate of drug-likeness (QED) is 0.885. The summed E-state index contributed by atoms with van der Waals surface area (Å²) in [4.78, 5) is 2.54. The highest BCUT2D eigenvalue weighted by atomic mass is 35.5. The zero-order valence-corrected chi connectivity index (χ0v) is 13.1. The summed E-state index contributed by atoms with van der Waals surface area (Å²) in [5.41, 5.74) is 1.18. The first kappa shape index (κ1) is 15.1. The van der Waals surface area contributed by atoms with E-state index >= 15 is 0 Å². The summed E-state index contributed by atoms with van der Waals surface area (Å²) in [5, 5.41) is 4.68. The summed E-state index contributed by atoms with van der Waals surface area (Å²) >= 11 is 12.6. The second-order valence-electron chi connectivity index (χ2n) is 5.23. The third-order valence-electron chi connectivity index (χ3n) is 3.90. The minimum atomic E-state index is 0.388. The van der Waals surface area contributed by atoms with E-state index < -0.39 is 0 Å². The lowest BCUT2D eigenvalue weighted by atomic mass is 9.93. The molecule has 1 heterocycles. The van der Waals surface area contributed by atoms with E-state index in [0.717, 1.165) is 24.7 Å². The van der Waals surface area contributed by atoms with Crippen molar-refractivity contribution in [1.82, 2.24) is 10.2 Å². The molecule has 2 atom stereocenters. The zero-order valence-electron chi connectivity index (χ0n) is 11.6. The minimum Gasteiger partial charge on any atom is -0.319 e. The lowest BCUT2D eigenvalue weighted by Gasteiger charge is -2.29. The first-order chi connectivity index (χ1) is 9.19. The number of halogens is 2. The molecule has 19 heavy (non-hydrogen) atoms. The molecule has 0 saturated carbocycles. The van der Waals surface area contributed by atoms with Crippen molar-refractivity contribution in [1.29, 1.82) is 0 Å². The normalized spacial score (nSPS) is 24.0. The van der Waals surface area contributed by atoms with Gasteiger partial charge in [0.05, 0.1) is 10.0 Å². The Morgan fingerprint density at radius 3 is 2.84 bits per heavy atom. The highest BCUT2D eigenvalue weighted by molar-refractivity contribution is 6.42. The predicted molar refractivity (Wildman–Crippen MR) is 83.1 cm³/mol. The molecule has 0 amide bonds. The van der Waals surface area contributed by atoms with E-state index in [1.807, 2.05) is 19.2 Å². The molecule has 1 aliphatic heterocycles. The maximum atomic E-state index is 6.43. The molecule has 4 heteroatoms. The van der Waals surface area contributed by atoms with Crippen LogP contribution in [0.5, 0.6) is 0 Å². The lowest BCUT2D eigenvalue weighted by Crippen LogP contribution is -2.30. The number of nitrogens with zero attached hydrogens (tertiary/aromatic N) is 1. The summed E-state index contributed by atoms with van der Waals surface area (Å²) in [5.74, 6) is 0.604. The SMILES string of the molecule is CCCN1CCC(CNC)C1c1cccc(Cl)c1Cl. The monoisotopic (exact) mass is 300 g/mol. The third-order valence-corrected chi connectivity index (χ3v) is 4.74. The number of hydrogen-bond acceptors (Lipinski definition) is 2. The van der Waals surface area contributed by atoms with Crippen molar-refractivity contribution in [2.45, 2.75) is 25.8 Å². The number of hydrogen-bond donors (Lipinski definition) is 1. The van der Waals surface area contributed by atoms with E-state index in [9.17, 15) is 0 Å². The maximum Gasteiger partial charge on any atom is 0.0640 e. The molecule has 1 aliphatic rings. The molecule has 2 unspecified atom stereocenters. The average molecular weight is 301 g/mol. The van der Waals surface area contributed by atoms with Crippen molar-refractivity contribution in [3.63, 3.8) is 0 Å². The molecule has 1 saturated heterocycles. The number of benzene rings is 1. The van der Waals surface area contributed by atoms with Gasteiger partial charge in [0.25, 0.3) is 0 Å². The Bertz CT molecular complexity index is 409. The molecule has 1 fully saturated rings. The molecule has 0 aromatic heterocycles. The van der Waals surface area contributed by atoms with E-state index in [0.29, 0.717) is 17.0 Å². The van der Waals surface area contributed by atoms with Crippen molar-refractivity contribution in [2.75, 3.05) is 26.7 Å². The molecule has 0 radical (unpaired) electrons.